The van der Waals surface area contributed by atoms with Gasteiger partial charge in [-0.15, -0.1) is 12.4 Å². The Morgan fingerprint density at radius 3 is 1.77 bits per heavy atom. The number of nitrogens with two attached hydrogens (primary N) is 1. The highest BCUT2D eigenvalue weighted by Crippen LogP contribution is 2.44. The average Bonchev–Trinajstić information content (AvgIpc) is 2.62. The van der Waals surface area contributed by atoms with Gasteiger partial charge in [-0.2, -0.15) is 0 Å². The first kappa shape index (κ1) is 22.4. The molecule has 0 heterocycles. The molecule has 4 nitrogen and oxygen atoms in total. The van der Waals surface area contributed by atoms with Crippen molar-refractivity contribution in [1.82, 2.24) is 0 Å². The Morgan fingerprint density at radius 1 is 1.00 bits per heavy atom. The third kappa shape index (κ3) is 4.97. The summed E-state index contributed by atoms with van der Waals surface area (Å²) in [5.74, 6) is -0.844. The number of methoxy groups -OCH3 is 1. The van der Waals surface area contributed by atoms with Gasteiger partial charge in [0.05, 0.1) is 13.0 Å². The Morgan fingerprint density at radius 2 is 1.42 bits per heavy atom. The second kappa shape index (κ2) is 9.91. The fourth-order valence-electron chi connectivity index (χ4n) is 3.19. The van der Waals surface area contributed by atoms with Crippen LogP contribution in [0.2, 0.25) is 0 Å². The van der Waals surface area contributed by atoms with Crippen LogP contribution in [0.5, 0.6) is 0 Å². The van der Waals surface area contributed by atoms with Gasteiger partial charge in [-0.1, -0.05) is 74.5 Å². The zero-order chi connectivity index (χ0) is 18.4. The van der Waals surface area contributed by atoms with E-state index in [1.54, 1.807) is 0 Å². The Bertz CT molecular complexity index is 694. The molecule has 0 aromatic heterocycles. The third-order valence-corrected chi connectivity index (χ3v) is 7.67. The monoisotopic (exact) mass is 395 g/mol. The van der Waals surface area contributed by atoms with Gasteiger partial charge in [0.2, 0.25) is 0 Å². The normalized spacial score (nSPS) is 13.6. The maximum atomic E-state index is 14.0. The average molecular weight is 396 g/mol. The molecule has 26 heavy (non-hydrogen) atoms. The number of halogens is 1. The number of hydrogen-bond acceptors (Lipinski definition) is 4. The van der Waals surface area contributed by atoms with E-state index in [1.165, 1.54) is 7.11 Å². The predicted octanol–water partition coefficient (Wildman–Crippen LogP) is 3.19. The molecule has 2 rings (SSSR count). The molecule has 0 spiro atoms. The quantitative estimate of drug-likeness (QED) is 0.577. The van der Waals surface area contributed by atoms with E-state index in [-0.39, 0.29) is 30.5 Å². The summed E-state index contributed by atoms with van der Waals surface area (Å²) in [7, 11) is -1.60. The molecule has 0 aliphatic rings. The number of carbonyl (C=O) groups is 1. The second-order valence-electron chi connectivity index (χ2n) is 6.55. The molecule has 0 bridgehead atoms. The van der Waals surface area contributed by atoms with Crippen LogP contribution in [0.3, 0.4) is 0 Å². The molecule has 0 saturated carbocycles. The summed E-state index contributed by atoms with van der Waals surface area (Å²) in [4.78, 5) is 12.2. The van der Waals surface area contributed by atoms with E-state index < -0.39 is 19.1 Å². The molecule has 6 heteroatoms. The van der Waals surface area contributed by atoms with Gasteiger partial charge in [-0.05, 0) is 5.92 Å². The number of benzene rings is 2. The highest BCUT2D eigenvalue weighted by Gasteiger charge is 2.36. The minimum atomic E-state index is -2.96. The molecule has 2 unspecified atom stereocenters. The lowest BCUT2D eigenvalue weighted by Gasteiger charge is -2.29. The van der Waals surface area contributed by atoms with Crippen LogP contribution in [0.4, 0.5) is 0 Å². The van der Waals surface area contributed by atoms with E-state index in [2.05, 4.69) is 0 Å². The lowest BCUT2D eigenvalue weighted by molar-refractivity contribution is -0.147. The summed E-state index contributed by atoms with van der Waals surface area (Å²) in [5.41, 5.74) is 6.38. The van der Waals surface area contributed by atoms with Crippen LogP contribution in [0.15, 0.2) is 60.7 Å². The third-order valence-electron chi connectivity index (χ3n) is 4.47. The standard InChI is InChI=1S/C20H26NO3P.ClH/c1-15(2)19(20(22)24-3)18(21)14-25(23,16-10-6-4-7-11-16)17-12-8-5-9-13-17;/h4-13,15,18-19H,14,21H2,1-3H3;1H. The van der Waals surface area contributed by atoms with Crippen molar-refractivity contribution in [3.8, 4) is 0 Å². The summed E-state index contributed by atoms with van der Waals surface area (Å²) in [5, 5.41) is 1.51. The SMILES string of the molecule is COC(=O)C(C(C)C)C(N)CP(=O)(c1ccccc1)c1ccccc1.Cl. The molecule has 0 amide bonds. The van der Waals surface area contributed by atoms with Crippen LogP contribution in [0.25, 0.3) is 0 Å². The van der Waals surface area contributed by atoms with E-state index in [9.17, 15) is 9.36 Å². The van der Waals surface area contributed by atoms with Gasteiger partial charge in [0, 0.05) is 22.8 Å². The fourth-order valence-corrected chi connectivity index (χ4v) is 6.03. The molecule has 0 aliphatic heterocycles. The van der Waals surface area contributed by atoms with Gasteiger partial charge in [0.15, 0.2) is 0 Å². The summed E-state index contributed by atoms with van der Waals surface area (Å²) in [6.07, 6.45) is 0.221. The zero-order valence-electron chi connectivity index (χ0n) is 15.4. The van der Waals surface area contributed by atoms with Crippen molar-refractivity contribution in [1.29, 1.82) is 0 Å². The second-order valence-corrected chi connectivity index (χ2v) is 9.43. The molecule has 2 N–H and O–H groups in total. The number of esters is 1. The van der Waals surface area contributed by atoms with Crippen LogP contribution >= 0.6 is 19.5 Å². The fraction of sp³-hybridized carbons (Fsp3) is 0.350. The van der Waals surface area contributed by atoms with Crippen molar-refractivity contribution in [2.24, 2.45) is 17.6 Å². The van der Waals surface area contributed by atoms with E-state index >= 15 is 0 Å². The predicted molar refractivity (Wildman–Crippen MR) is 110 cm³/mol. The van der Waals surface area contributed by atoms with Crippen LogP contribution in [0.1, 0.15) is 13.8 Å². The summed E-state index contributed by atoms with van der Waals surface area (Å²) in [6, 6.07) is 18.2. The molecule has 2 aromatic rings. The maximum Gasteiger partial charge on any atom is 0.310 e. The molecule has 0 fully saturated rings. The van der Waals surface area contributed by atoms with Crippen LogP contribution in [0, 0.1) is 11.8 Å². The van der Waals surface area contributed by atoms with Crippen LogP contribution < -0.4 is 16.3 Å². The minimum Gasteiger partial charge on any atom is -0.469 e. The first-order valence-corrected chi connectivity index (χ1v) is 10.3. The largest absolute Gasteiger partial charge is 0.469 e. The first-order chi connectivity index (χ1) is 11.9. The Labute approximate surface area is 161 Å². The molecular formula is C20H27ClNO3P. The van der Waals surface area contributed by atoms with E-state index in [4.69, 9.17) is 10.5 Å². The molecule has 142 valence electrons. The molecule has 2 aromatic carbocycles. The Balaban J connectivity index is 0.00000338. The summed E-state index contributed by atoms with van der Waals surface area (Å²) >= 11 is 0. The topological polar surface area (TPSA) is 69.4 Å². The Kier molecular flexibility index (Phi) is 8.55. The lowest BCUT2D eigenvalue weighted by atomic mass is 9.90. The number of ether oxygens (including phenoxy) is 1. The minimum absolute atomic E-state index is 0. The van der Waals surface area contributed by atoms with E-state index in [0.29, 0.717) is 0 Å². The first-order valence-electron chi connectivity index (χ1n) is 8.44. The highest BCUT2D eigenvalue weighted by molar-refractivity contribution is 7.78. The van der Waals surface area contributed by atoms with Crippen molar-refractivity contribution in [3.05, 3.63) is 60.7 Å². The maximum absolute atomic E-state index is 14.0. The van der Waals surface area contributed by atoms with E-state index in [1.807, 2.05) is 74.5 Å². The van der Waals surface area contributed by atoms with Crippen LogP contribution in [-0.4, -0.2) is 25.3 Å². The molecule has 2 atom stereocenters. The molecule has 0 saturated heterocycles. The van der Waals surface area contributed by atoms with Gasteiger partial charge in [-0.25, -0.2) is 0 Å². The van der Waals surface area contributed by atoms with Gasteiger partial charge < -0.3 is 15.0 Å². The van der Waals surface area contributed by atoms with Crippen molar-refractivity contribution in [3.63, 3.8) is 0 Å². The summed E-state index contributed by atoms with van der Waals surface area (Å²) in [6.45, 7) is 3.86. The van der Waals surface area contributed by atoms with Crippen molar-refractivity contribution in [2.75, 3.05) is 13.3 Å². The molecule has 0 aliphatic carbocycles. The lowest BCUT2D eigenvalue weighted by Crippen LogP contribution is -2.43. The summed E-state index contributed by atoms with van der Waals surface area (Å²) < 4.78 is 18.9. The Hall–Kier alpha value is -1.61. The smallest absolute Gasteiger partial charge is 0.310 e. The van der Waals surface area contributed by atoms with E-state index in [0.717, 1.165) is 10.6 Å². The molecular weight excluding hydrogens is 369 g/mol. The highest BCUT2D eigenvalue weighted by atomic mass is 35.5. The van der Waals surface area contributed by atoms with Crippen molar-refractivity contribution >= 4 is 36.1 Å². The number of carbonyl (C=O) groups excluding carboxylic acids is 1. The molecule has 0 radical (unpaired) electrons. The van der Waals surface area contributed by atoms with Crippen molar-refractivity contribution in [2.45, 2.75) is 19.9 Å². The van der Waals surface area contributed by atoms with Crippen molar-refractivity contribution < 1.29 is 14.1 Å². The van der Waals surface area contributed by atoms with Gasteiger partial charge in [0.1, 0.15) is 7.14 Å². The number of rotatable bonds is 7. The van der Waals surface area contributed by atoms with Gasteiger partial charge in [-0.3, -0.25) is 4.79 Å². The number of hydrogen-bond donors (Lipinski definition) is 1. The zero-order valence-corrected chi connectivity index (χ0v) is 17.1. The van der Waals surface area contributed by atoms with Crippen LogP contribution in [-0.2, 0) is 14.1 Å². The van der Waals surface area contributed by atoms with Gasteiger partial charge >= 0.3 is 5.97 Å². The van der Waals surface area contributed by atoms with Gasteiger partial charge in [0.25, 0.3) is 0 Å².